The maximum Gasteiger partial charge on any atom is 0.269 e. The second-order valence-electron chi connectivity index (χ2n) is 4.04. The van der Waals surface area contributed by atoms with Gasteiger partial charge in [0.05, 0.1) is 11.9 Å². The molecule has 2 N–H and O–H groups in total. The van der Waals surface area contributed by atoms with E-state index in [0.29, 0.717) is 5.56 Å². The summed E-state index contributed by atoms with van der Waals surface area (Å²) in [7, 11) is 1.65. The van der Waals surface area contributed by atoms with E-state index in [-0.39, 0.29) is 5.56 Å². The summed E-state index contributed by atoms with van der Waals surface area (Å²) in [5.41, 5.74) is 3.23. The van der Waals surface area contributed by atoms with Gasteiger partial charge in [0.15, 0.2) is 0 Å². The number of rotatable bonds is 2. The number of hydrazone groups is 1. The van der Waals surface area contributed by atoms with Crippen LogP contribution >= 0.6 is 0 Å². The molecule has 0 fully saturated rings. The minimum Gasteiger partial charge on any atom is -0.323 e. The lowest BCUT2D eigenvalue weighted by Gasteiger charge is -2.05. The first kappa shape index (κ1) is 18.6. The van der Waals surface area contributed by atoms with E-state index in [1.165, 1.54) is 4.68 Å². The highest BCUT2D eigenvalue weighted by molar-refractivity contribution is 5.80. The molecule has 1 heterocycles. The lowest BCUT2D eigenvalue weighted by atomic mass is 10.1. The molecule has 0 aliphatic rings. The third-order valence-electron chi connectivity index (χ3n) is 2.67. The molecule has 0 aliphatic carbocycles. The largest absolute Gasteiger partial charge is 0.323 e. The van der Waals surface area contributed by atoms with Gasteiger partial charge in [-0.25, -0.2) is 15.2 Å². The number of benzene rings is 1. The Labute approximate surface area is 128 Å². The third-order valence-corrected chi connectivity index (χ3v) is 2.67. The molecule has 0 spiro atoms. The zero-order valence-electron chi connectivity index (χ0n) is 12.3. The molecular formula is C15H16N6O. The van der Waals surface area contributed by atoms with E-state index in [1.54, 1.807) is 26.3 Å². The number of hydrogen-bond donors (Lipinski definition) is 1. The molecule has 0 saturated heterocycles. The Morgan fingerprint density at radius 3 is 2.23 bits per heavy atom. The van der Waals surface area contributed by atoms with Gasteiger partial charge < -0.3 is 5.84 Å². The Morgan fingerprint density at radius 2 is 1.77 bits per heavy atom. The van der Waals surface area contributed by atoms with E-state index in [4.69, 9.17) is 16.4 Å². The van der Waals surface area contributed by atoms with Gasteiger partial charge in [0.2, 0.25) is 0 Å². The van der Waals surface area contributed by atoms with Gasteiger partial charge in [-0.2, -0.15) is 10.2 Å². The molecule has 0 amide bonds. The van der Waals surface area contributed by atoms with Gasteiger partial charge in [0.25, 0.3) is 5.56 Å². The number of nitrogens with zero attached hydrogens (tertiary/aromatic N) is 5. The Hall–Kier alpha value is -3.45. The highest BCUT2D eigenvalue weighted by Gasteiger charge is 2.04. The predicted molar refractivity (Wildman–Crippen MR) is 84.8 cm³/mol. The van der Waals surface area contributed by atoms with Crippen LogP contribution in [-0.4, -0.2) is 16.0 Å². The summed E-state index contributed by atoms with van der Waals surface area (Å²) in [4.78, 5) is 11.6. The van der Waals surface area contributed by atoms with Gasteiger partial charge in [-0.1, -0.05) is 24.3 Å². The third kappa shape index (κ3) is 4.58. The molecule has 7 heteroatoms. The van der Waals surface area contributed by atoms with Gasteiger partial charge in [-0.15, -0.1) is 0 Å². The second kappa shape index (κ2) is 9.45. The highest BCUT2D eigenvalue weighted by Crippen LogP contribution is 2.16. The van der Waals surface area contributed by atoms with Crippen LogP contribution in [0, 0.1) is 30.6 Å². The highest BCUT2D eigenvalue weighted by atomic mass is 16.1. The molecule has 0 bridgehead atoms. The van der Waals surface area contributed by atoms with Crippen molar-refractivity contribution in [2.24, 2.45) is 18.0 Å². The first-order valence-electron chi connectivity index (χ1n) is 6.02. The van der Waals surface area contributed by atoms with Crippen LogP contribution in [0.2, 0.25) is 0 Å². The summed E-state index contributed by atoms with van der Waals surface area (Å²) in [5.74, 6) is 5.09. The molecule has 0 aliphatic heterocycles. The lowest BCUT2D eigenvalue weighted by molar-refractivity contribution is 0.705. The molecule has 7 nitrogen and oxygen atoms in total. The van der Waals surface area contributed by atoms with Crippen molar-refractivity contribution in [3.63, 3.8) is 0 Å². The topological polar surface area (TPSA) is 121 Å². The van der Waals surface area contributed by atoms with Crippen molar-refractivity contribution >= 4 is 6.21 Å². The van der Waals surface area contributed by atoms with E-state index >= 15 is 0 Å². The zero-order valence-corrected chi connectivity index (χ0v) is 12.3. The van der Waals surface area contributed by atoms with Crippen LogP contribution in [0.1, 0.15) is 11.1 Å². The van der Waals surface area contributed by atoms with Crippen molar-refractivity contribution in [2.45, 2.75) is 6.92 Å². The molecular weight excluding hydrogens is 280 g/mol. The molecule has 112 valence electrons. The molecule has 1 aromatic carbocycles. The van der Waals surface area contributed by atoms with Crippen molar-refractivity contribution in [1.29, 1.82) is 10.5 Å². The first-order chi connectivity index (χ1) is 10.6. The summed E-state index contributed by atoms with van der Waals surface area (Å²) in [6, 6.07) is 9.42. The second-order valence-corrected chi connectivity index (χ2v) is 4.04. The zero-order chi connectivity index (χ0) is 17.1. The molecule has 2 rings (SSSR count). The maximum atomic E-state index is 11.6. The smallest absolute Gasteiger partial charge is 0.269 e. The number of nitriles is 2. The van der Waals surface area contributed by atoms with Crippen molar-refractivity contribution in [2.75, 3.05) is 0 Å². The van der Waals surface area contributed by atoms with Crippen LogP contribution < -0.4 is 11.4 Å². The van der Waals surface area contributed by atoms with Crippen LogP contribution in [0.3, 0.4) is 0 Å². The summed E-state index contributed by atoms with van der Waals surface area (Å²) < 4.78 is 1.35. The van der Waals surface area contributed by atoms with Gasteiger partial charge in [-0.05, 0) is 18.6 Å². The maximum absolute atomic E-state index is 11.6. The summed E-state index contributed by atoms with van der Waals surface area (Å²) in [6.07, 6.45) is 1.57. The normalized spacial score (nSPS) is 9.18. The quantitative estimate of drug-likeness (QED) is 0.509. The van der Waals surface area contributed by atoms with Gasteiger partial charge in [0, 0.05) is 31.3 Å². The SMILES string of the molecule is C#N.C#N.Cc1cc(-c2ccc(C=NN)cc2)nn(C)c1=O. The summed E-state index contributed by atoms with van der Waals surface area (Å²) in [6.45, 7) is 8.78. The molecule has 0 unspecified atom stereocenters. The molecule has 0 atom stereocenters. The Kier molecular flexibility index (Phi) is 7.97. The fraction of sp³-hybridized carbons (Fsp3) is 0.133. The standard InChI is InChI=1S/C13H14N4O.2CHN/c1-9-7-12(16-17(2)13(9)18)11-5-3-10(4-6-11)8-15-14;2*1-2/h3-8H,14H2,1-2H3;2*1H. The van der Waals surface area contributed by atoms with Gasteiger partial charge in [-0.3, -0.25) is 4.79 Å². The van der Waals surface area contributed by atoms with Crippen LogP contribution in [0.4, 0.5) is 0 Å². The summed E-state index contributed by atoms with van der Waals surface area (Å²) in [5, 5.41) is 20.7. The van der Waals surface area contributed by atoms with Crippen molar-refractivity contribution in [3.05, 3.63) is 51.8 Å². The molecule has 0 saturated carbocycles. The molecule has 22 heavy (non-hydrogen) atoms. The van der Waals surface area contributed by atoms with Crippen molar-refractivity contribution in [3.8, 4) is 24.4 Å². The average molecular weight is 296 g/mol. The molecule has 1 aromatic heterocycles. The van der Waals surface area contributed by atoms with Crippen LogP contribution in [0.5, 0.6) is 0 Å². The Bertz CT molecular complexity index is 693. The van der Waals surface area contributed by atoms with E-state index in [0.717, 1.165) is 16.8 Å². The number of aromatic nitrogens is 2. The molecule has 0 radical (unpaired) electrons. The fourth-order valence-electron chi connectivity index (χ4n) is 1.72. The van der Waals surface area contributed by atoms with E-state index in [1.807, 2.05) is 24.3 Å². The number of aryl methyl sites for hydroxylation is 2. The van der Waals surface area contributed by atoms with E-state index in [9.17, 15) is 4.79 Å². The van der Waals surface area contributed by atoms with Crippen LogP contribution in [0.15, 0.2) is 40.2 Å². The van der Waals surface area contributed by atoms with Gasteiger partial charge in [0.1, 0.15) is 0 Å². The minimum absolute atomic E-state index is 0.0781. The van der Waals surface area contributed by atoms with Crippen molar-refractivity contribution in [1.82, 2.24) is 9.78 Å². The summed E-state index contributed by atoms with van der Waals surface area (Å²) >= 11 is 0. The number of hydrogen-bond acceptors (Lipinski definition) is 6. The average Bonchev–Trinajstić information content (AvgIpc) is 2.57. The number of nitrogens with two attached hydrogens (primary N) is 1. The predicted octanol–water partition coefficient (Wildman–Crippen LogP) is 1.33. The van der Waals surface area contributed by atoms with Crippen LogP contribution in [0.25, 0.3) is 11.3 Å². The van der Waals surface area contributed by atoms with E-state index in [2.05, 4.69) is 23.3 Å². The Balaban J connectivity index is 0.00000102. The first-order valence-corrected chi connectivity index (χ1v) is 6.02. The van der Waals surface area contributed by atoms with Crippen molar-refractivity contribution < 1.29 is 0 Å². The lowest BCUT2D eigenvalue weighted by Crippen LogP contribution is -2.21. The fourth-order valence-corrected chi connectivity index (χ4v) is 1.72. The monoisotopic (exact) mass is 296 g/mol. The van der Waals surface area contributed by atoms with E-state index < -0.39 is 0 Å². The van der Waals surface area contributed by atoms with Crippen LogP contribution in [-0.2, 0) is 7.05 Å². The minimum atomic E-state index is -0.0781. The molecule has 2 aromatic rings. The van der Waals surface area contributed by atoms with Gasteiger partial charge >= 0.3 is 0 Å². The Morgan fingerprint density at radius 1 is 1.23 bits per heavy atom.